The SMILES string of the molecule is C/C(N)=C/N(N)Cc1ccccc1. The van der Waals surface area contributed by atoms with E-state index < -0.39 is 0 Å². The lowest BCUT2D eigenvalue weighted by Gasteiger charge is -2.13. The molecule has 4 N–H and O–H groups in total. The van der Waals surface area contributed by atoms with Crippen LogP contribution in [0.1, 0.15) is 12.5 Å². The monoisotopic (exact) mass is 177 g/mol. The molecule has 0 bridgehead atoms. The summed E-state index contributed by atoms with van der Waals surface area (Å²) >= 11 is 0. The van der Waals surface area contributed by atoms with E-state index in [0.29, 0.717) is 12.2 Å². The average Bonchev–Trinajstić information content (AvgIpc) is 2.04. The first kappa shape index (κ1) is 9.61. The van der Waals surface area contributed by atoms with Crippen LogP contribution in [0.2, 0.25) is 0 Å². The van der Waals surface area contributed by atoms with E-state index in [2.05, 4.69) is 0 Å². The van der Waals surface area contributed by atoms with Crippen LogP contribution in [-0.4, -0.2) is 5.01 Å². The van der Waals surface area contributed by atoms with Crippen LogP contribution in [0.25, 0.3) is 0 Å². The Morgan fingerprint density at radius 2 is 2.00 bits per heavy atom. The molecule has 1 rings (SSSR count). The maximum Gasteiger partial charge on any atom is 0.0586 e. The summed E-state index contributed by atoms with van der Waals surface area (Å²) in [5, 5.41) is 1.57. The lowest BCUT2D eigenvalue weighted by Crippen LogP contribution is -2.25. The molecule has 0 fully saturated rings. The summed E-state index contributed by atoms with van der Waals surface area (Å²) in [6.45, 7) is 2.49. The summed E-state index contributed by atoms with van der Waals surface area (Å²) in [5.41, 5.74) is 7.36. The highest BCUT2D eigenvalue weighted by molar-refractivity contribution is 5.14. The second kappa shape index (κ2) is 4.52. The van der Waals surface area contributed by atoms with Gasteiger partial charge in [0.05, 0.1) is 6.54 Å². The summed E-state index contributed by atoms with van der Waals surface area (Å²) in [6, 6.07) is 10.0. The normalized spacial score (nSPS) is 11.4. The zero-order chi connectivity index (χ0) is 9.68. The van der Waals surface area contributed by atoms with Crippen LogP contribution in [0.4, 0.5) is 0 Å². The third kappa shape index (κ3) is 3.62. The maximum atomic E-state index is 5.68. The van der Waals surface area contributed by atoms with Crippen molar-refractivity contribution in [1.82, 2.24) is 5.01 Å². The predicted octanol–water partition coefficient (Wildman–Crippen LogP) is 1.18. The topological polar surface area (TPSA) is 55.3 Å². The van der Waals surface area contributed by atoms with Crippen LogP contribution >= 0.6 is 0 Å². The van der Waals surface area contributed by atoms with E-state index in [1.165, 1.54) is 5.56 Å². The molecule has 0 aliphatic heterocycles. The first-order valence-electron chi connectivity index (χ1n) is 4.17. The zero-order valence-electron chi connectivity index (χ0n) is 7.77. The van der Waals surface area contributed by atoms with Crippen molar-refractivity contribution in [2.45, 2.75) is 13.5 Å². The zero-order valence-corrected chi connectivity index (χ0v) is 7.77. The van der Waals surface area contributed by atoms with Gasteiger partial charge in [0.1, 0.15) is 0 Å². The molecular weight excluding hydrogens is 162 g/mol. The van der Waals surface area contributed by atoms with Crippen molar-refractivity contribution in [1.29, 1.82) is 0 Å². The minimum atomic E-state index is 0.676. The van der Waals surface area contributed by atoms with E-state index in [1.54, 1.807) is 11.2 Å². The van der Waals surface area contributed by atoms with Crippen molar-refractivity contribution >= 4 is 0 Å². The van der Waals surface area contributed by atoms with Gasteiger partial charge < -0.3 is 10.7 Å². The molecule has 0 aliphatic rings. The van der Waals surface area contributed by atoms with Gasteiger partial charge in [-0.25, -0.2) is 5.84 Å². The number of hydrazine groups is 1. The molecule has 0 unspecified atom stereocenters. The molecule has 1 aromatic rings. The minimum absolute atomic E-state index is 0.676. The molecule has 0 amide bonds. The van der Waals surface area contributed by atoms with Crippen LogP contribution in [0, 0.1) is 0 Å². The van der Waals surface area contributed by atoms with Crippen LogP contribution in [0.15, 0.2) is 42.2 Å². The van der Waals surface area contributed by atoms with Crippen molar-refractivity contribution in [3.05, 3.63) is 47.8 Å². The third-order valence-electron chi connectivity index (χ3n) is 1.58. The highest BCUT2D eigenvalue weighted by Gasteiger charge is 1.94. The fourth-order valence-corrected chi connectivity index (χ4v) is 1.10. The van der Waals surface area contributed by atoms with Crippen LogP contribution < -0.4 is 11.6 Å². The molecule has 0 radical (unpaired) electrons. The van der Waals surface area contributed by atoms with E-state index in [4.69, 9.17) is 11.6 Å². The summed E-state index contributed by atoms with van der Waals surface area (Å²) < 4.78 is 0. The molecule has 0 saturated heterocycles. The van der Waals surface area contributed by atoms with E-state index in [0.717, 1.165) is 0 Å². The standard InChI is InChI=1S/C10H15N3/c1-9(11)7-13(12)8-10-5-3-2-4-6-10/h2-7H,8,11-12H2,1H3/b9-7-. The van der Waals surface area contributed by atoms with Gasteiger partial charge in [-0.3, -0.25) is 0 Å². The van der Waals surface area contributed by atoms with Gasteiger partial charge in [0, 0.05) is 11.9 Å². The Morgan fingerprint density at radius 1 is 1.38 bits per heavy atom. The Hall–Kier alpha value is -1.48. The number of allylic oxidation sites excluding steroid dienone is 1. The fourth-order valence-electron chi connectivity index (χ4n) is 1.10. The first-order valence-corrected chi connectivity index (χ1v) is 4.17. The molecule has 0 heterocycles. The number of rotatable bonds is 3. The number of nitrogens with zero attached hydrogens (tertiary/aromatic N) is 1. The number of benzene rings is 1. The maximum absolute atomic E-state index is 5.68. The Morgan fingerprint density at radius 3 is 2.54 bits per heavy atom. The van der Waals surface area contributed by atoms with Crippen LogP contribution in [0.3, 0.4) is 0 Å². The largest absolute Gasteiger partial charge is 0.401 e. The van der Waals surface area contributed by atoms with Gasteiger partial charge in [-0.1, -0.05) is 30.3 Å². The Bertz CT molecular complexity index is 275. The van der Waals surface area contributed by atoms with Crippen molar-refractivity contribution < 1.29 is 0 Å². The van der Waals surface area contributed by atoms with Gasteiger partial charge >= 0.3 is 0 Å². The number of hydrogen-bond acceptors (Lipinski definition) is 3. The van der Waals surface area contributed by atoms with E-state index in [9.17, 15) is 0 Å². The lowest BCUT2D eigenvalue weighted by molar-refractivity contribution is 0.383. The van der Waals surface area contributed by atoms with Crippen LogP contribution in [-0.2, 0) is 6.54 Å². The Labute approximate surface area is 78.6 Å². The van der Waals surface area contributed by atoms with Crippen molar-refractivity contribution in [3.8, 4) is 0 Å². The summed E-state index contributed by atoms with van der Waals surface area (Å²) in [5.74, 6) is 5.68. The second-order valence-electron chi connectivity index (χ2n) is 3.03. The lowest BCUT2D eigenvalue weighted by atomic mass is 10.2. The molecular formula is C10H15N3. The highest BCUT2D eigenvalue weighted by atomic mass is 15.4. The molecule has 1 aromatic carbocycles. The molecule has 0 aliphatic carbocycles. The first-order chi connectivity index (χ1) is 6.18. The van der Waals surface area contributed by atoms with Gasteiger partial charge in [0.15, 0.2) is 0 Å². The highest BCUT2D eigenvalue weighted by Crippen LogP contribution is 2.01. The Balaban J connectivity index is 2.55. The second-order valence-corrected chi connectivity index (χ2v) is 3.03. The molecule has 0 atom stereocenters. The van der Waals surface area contributed by atoms with Crippen molar-refractivity contribution in [3.63, 3.8) is 0 Å². The molecule has 0 saturated carbocycles. The molecule has 0 spiro atoms. The van der Waals surface area contributed by atoms with E-state index >= 15 is 0 Å². The van der Waals surface area contributed by atoms with Crippen molar-refractivity contribution in [2.24, 2.45) is 11.6 Å². The smallest absolute Gasteiger partial charge is 0.0586 e. The van der Waals surface area contributed by atoms with Crippen molar-refractivity contribution in [2.75, 3.05) is 0 Å². The molecule has 0 aromatic heterocycles. The molecule has 13 heavy (non-hydrogen) atoms. The molecule has 3 heteroatoms. The summed E-state index contributed by atoms with van der Waals surface area (Å²) in [7, 11) is 0. The minimum Gasteiger partial charge on any atom is -0.401 e. The van der Waals surface area contributed by atoms with Gasteiger partial charge in [-0.15, -0.1) is 0 Å². The molecule has 3 nitrogen and oxygen atoms in total. The van der Waals surface area contributed by atoms with E-state index in [1.807, 2.05) is 37.3 Å². The average molecular weight is 177 g/mol. The quantitative estimate of drug-likeness (QED) is 0.538. The summed E-state index contributed by atoms with van der Waals surface area (Å²) in [4.78, 5) is 0. The van der Waals surface area contributed by atoms with Gasteiger partial charge in [-0.05, 0) is 12.5 Å². The van der Waals surface area contributed by atoms with E-state index in [-0.39, 0.29) is 0 Å². The fraction of sp³-hybridized carbons (Fsp3) is 0.200. The predicted molar refractivity (Wildman–Crippen MR) is 54.1 cm³/mol. The Kier molecular flexibility index (Phi) is 3.34. The van der Waals surface area contributed by atoms with Gasteiger partial charge in [-0.2, -0.15) is 0 Å². The number of hydrogen-bond donors (Lipinski definition) is 2. The van der Waals surface area contributed by atoms with Gasteiger partial charge in [0.25, 0.3) is 0 Å². The third-order valence-corrected chi connectivity index (χ3v) is 1.58. The van der Waals surface area contributed by atoms with Crippen LogP contribution in [0.5, 0.6) is 0 Å². The number of nitrogens with two attached hydrogens (primary N) is 2. The summed E-state index contributed by atoms with van der Waals surface area (Å²) in [6.07, 6.45) is 1.72. The van der Waals surface area contributed by atoms with Gasteiger partial charge in [0.2, 0.25) is 0 Å². The molecule has 70 valence electrons.